The smallest absolute Gasteiger partial charge is 0.238 e. The number of fused-ring (bicyclic) bond motifs is 1. The Morgan fingerprint density at radius 2 is 1.21 bits per heavy atom. The molecule has 0 aliphatic heterocycles. The molecule has 0 bridgehead atoms. The molecule has 6 aromatic rings. The molecule has 3 heteroatoms. The van der Waals surface area contributed by atoms with Crippen LogP contribution < -0.4 is 4.57 Å². The second-order valence-corrected chi connectivity index (χ2v) is 12.1. The van der Waals surface area contributed by atoms with E-state index in [0.717, 1.165) is 16.9 Å². The minimum Gasteiger partial charge on any atom is -0.238 e. The molecule has 0 aliphatic carbocycles. The average Bonchev–Trinajstić information content (AvgIpc) is 3.31. The fraction of sp³-hybridized carbons (Fsp3) is 0.200. The number of hydrogen-bond donors (Lipinski definition) is 0. The normalized spacial score (nSPS) is 11.4. The molecule has 0 unspecified atom stereocenters. The van der Waals surface area contributed by atoms with Crippen LogP contribution in [0.15, 0.2) is 109 Å². The predicted octanol–water partition coefficient (Wildman–Crippen LogP) is 10.6. The maximum absolute atomic E-state index is 7.67. The Kier molecular flexibility index (Phi) is 7.46. The zero-order valence-corrected chi connectivity index (χ0v) is 25.9. The van der Waals surface area contributed by atoms with Gasteiger partial charge in [0.05, 0.1) is 19.2 Å². The zero-order valence-electron chi connectivity index (χ0n) is 25.9. The van der Waals surface area contributed by atoms with Crippen molar-refractivity contribution in [2.45, 2.75) is 46.5 Å². The van der Waals surface area contributed by atoms with Gasteiger partial charge in [0, 0.05) is 11.1 Å². The van der Waals surface area contributed by atoms with E-state index in [1.54, 1.807) is 0 Å². The van der Waals surface area contributed by atoms with Crippen LogP contribution in [0.5, 0.6) is 0 Å². The van der Waals surface area contributed by atoms with Crippen molar-refractivity contribution in [2.75, 3.05) is 0 Å². The first kappa shape index (κ1) is 28.2. The van der Waals surface area contributed by atoms with E-state index in [1.165, 1.54) is 50.2 Å². The molecule has 0 aliphatic rings. The van der Waals surface area contributed by atoms with Crippen molar-refractivity contribution < 1.29 is 4.57 Å². The quantitative estimate of drug-likeness (QED) is 0.142. The molecule has 3 nitrogen and oxygen atoms in total. The standard InChI is InChI=1S/C40H38N3/c1-26(2)35-23-32(31-19-17-30(18-20-31)29-14-9-8-10-15-29)24-36(27(3)4)39(35)43-37-22-21-33(41-6)25-38(37)42(7)40(43)34-16-12-11-13-28(34)5/h8-27H,1-5,7H3/q+1. The lowest BCUT2D eigenvalue weighted by Gasteiger charge is -2.21. The van der Waals surface area contributed by atoms with Crippen LogP contribution in [0.1, 0.15) is 56.2 Å². The number of rotatable bonds is 6. The van der Waals surface area contributed by atoms with E-state index in [-0.39, 0.29) is 0 Å². The summed E-state index contributed by atoms with van der Waals surface area (Å²) in [4.78, 5) is 3.75. The number of nitrogens with zero attached hydrogens (tertiary/aromatic N) is 3. The molecule has 0 N–H and O–H groups in total. The molecule has 43 heavy (non-hydrogen) atoms. The maximum atomic E-state index is 7.67. The molecular formula is C40H38N3+. The zero-order chi connectivity index (χ0) is 30.2. The first-order valence-corrected chi connectivity index (χ1v) is 15.1. The van der Waals surface area contributed by atoms with Crippen LogP contribution in [0.4, 0.5) is 5.69 Å². The largest absolute Gasteiger partial charge is 0.295 e. The van der Waals surface area contributed by atoms with Crippen LogP contribution in [0.3, 0.4) is 0 Å². The summed E-state index contributed by atoms with van der Waals surface area (Å²) < 4.78 is 4.72. The highest BCUT2D eigenvalue weighted by Crippen LogP contribution is 2.38. The molecule has 5 aromatic carbocycles. The van der Waals surface area contributed by atoms with Crippen LogP contribution in [0.2, 0.25) is 0 Å². The van der Waals surface area contributed by atoms with Gasteiger partial charge in [0.15, 0.2) is 16.7 Å². The van der Waals surface area contributed by atoms with E-state index in [9.17, 15) is 0 Å². The molecule has 0 amide bonds. The highest BCUT2D eigenvalue weighted by Gasteiger charge is 2.32. The van der Waals surface area contributed by atoms with Gasteiger partial charge in [0.1, 0.15) is 5.69 Å². The van der Waals surface area contributed by atoms with Gasteiger partial charge in [-0.1, -0.05) is 107 Å². The summed E-state index contributed by atoms with van der Waals surface area (Å²) in [7, 11) is 2.13. The van der Waals surface area contributed by atoms with Crippen LogP contribution in [0.25, 0.3) is 55.2 Å². The van der Waals surface area contributed by atoms with Gasteiger partial charge in [0.2, 0.25) is 0 Å². The first-order valence-electron chi connectivity index (χ1n) is 15.1. The minimum atomic E-state index is 0.297. The summed E-state index contributed by atoms with van der Waals surface area (Å²) in [6.07, 6.45) is 0. The molecule has 6 rings (SSSR count). The van der Waals surface area contributed by atoms with E-state index in [1.807, 2.05) is 12.1 Å². The monoisotopic (exact) mass is 560 g/mol. The molecule has 0 spiro atoms. The number of aromatic nitrogens is 2. The van der Waals surface area contributed by atoms with Gasteiger partial charge in [-0.3, -0.25) is 0 Å². The van der Waals surface area contributed by atoms with E-state index in [2.05, 4.69) is 153 Å². The third-order valence-electron chi connectivity index (χ3n) is 8.57. The minimum absolute atomic E-state index is 0.297. The third-order valence-corrected chi connectivity index (χ3v) is 8.57. The van der Waals surface area contributed by atoms with Gasteiger partial charge >= 0.3 is 0 Å². The molecule has 0 fully saturated rings. The van der Waals surface area contributed by atoms with Crippen molar-refractivity contribution in [3.8, 4) is 39.3 Å². The Morgan fingerprint density at radius 3 is 1.79 bits per heavy atom. The van der Waals surface area contributed by atoms with Crippen LogP contribution >= 0.6 is 0 Å². The lowest BCUT2D eigenvalue weighted by molar-refractivity contribution is -0.557. The van der Waals surface area contributed by atoms with Gasteiger partial charge < -0.3 is 0 Å². The average molecular weight is 561 g/mol. The Morgan fingerprint density at radius 1 is 0.651 bits per heavy atom. The van der Waals surface area contributed by atoms with E-state index < -0.39 is 0 Å². The van der Waals surface area contributed by atoms with Crippen molar-refractivity contribution >= 4 is 16.7 Å². The Hall–Kier alpha value is -4.94. The van der Waals surface area contributed by atoms with Crippen LogP contribution in [0, 0.1) is 13.5 Å². The first-order chi connectivity index (χ1) is 20.8. The second kappa shape index (κ2) is 11.4. The SMILES string of the molecule is [C-]#[N+]c1ccc2c(c1)n(C)c(-c1ccccc1C)[n+]2-c1c(C(C)C)cc(-c2ccc(-c3ccccc3)cc2)cc1C(C)C. The summed E-state index contributed by atoms with van der Waals surface area (Å²) in [5, 5.41) is 0. The number of aryl methyl sites for hydroxylation is 2. The van der Waals surface area contributed by atoms with Crippen LogP contribution in [-0.4, -0.2) is 4.57 Å². The lowest BCUT2D eigenvalue weighted by atomic mass is 9.87. The summed E-state index contributed by atoms with van der Waals surface area (Å²) in [6.45, 7) is 19.0. The van der Waals surface area contributed by atoms with Crippen molar-refractivity contribution in [3.05, 3.63) is 137 Å². The molecule has 0 atom stereocenters. The van der Waals surface area contributed by atoms with Gasteiger partial charge in [-0.05, 0) is 76.9 Å². The van der Waals surface area contributed by atoms with E-state index >= 15 is 0 Å². The molecule has 1 heterocycles. The van der Waals surface area contributed by atoms with Crippen LogP contribution in [-0.2, 0) is 7.05 Å². The summed E-state index contributed by atoms with van der Waals surface area (Å²) in [5.74, 6) is 1.72. The summed E-state index contributed by atoms with van der Waals surface area (Å²) in [6, 6.07) is 39.0. The van der Waals surface area contributed by atoms with Gasteiger partial charge in [-0.15, -0.1) is 0 Å². The van der Waals surface area contributed by atoms with Gasteiger partial charge in [0.25, 0.3) is 5.82 Å². The predicted molar refractivity (Wildman–Crippen MR) is 180 cm³/mol. The number of benzene rings is 5. The fourth-order valence-electron chi connectivity index (χ4n) is 6.24. The van der Waals surface area contributed by atoms with Crippen molar-refractivity contribution in [2.24, 2.45) is 7.05 Å². The Bertz CT molecular complexity index is 1960. The fourth-order valence-corrected chi connectivity index (χ4v) is 6.24. The van der Waals surface area contributed by atoms with Crippen molar-refractivity contribution in [1.82, 2.24) is 4.57 Å². The third kappa shape index (κ3) is 5.04. The molecule has 0 saturated carbocycles. The highest BCUT2D eigenvalue weighted by molar-refractivity contribution is 5.82. The topological polar surface area (TPSA) is 13.2 Å². The Labute approximate surface area is 255 Å². The molecule has 212 valence electrons. The molecule has 0 saturated heterocycles. The summed E-state index contributed by atoms with van der Waals surface area (Å²) >= 11 is 0. The lowest BCUT2D eigenvalue weighted by Crippen LogP contribution is -2.36. The Balaban J connectivity index is 1.64. The second-order valence-electron chi connectivity index (χ2n) is 12.1. The van der Waals surface area contributed by atoms with Gasteiger partial charge in [-0.25, -0.2) is 9.41 Å². The molecule has 0 radical (unpaired) electrons. The van der Waals surface area contributed by atoms with Crippen molar-refractivity contribution in [3.63, 3.8) is 0 Å². The van der Waals surface area contributed by atoms with Crippen molar-refractivity contribution in [1.29, 1.82) is 0 Å². The number of imidazole rings is 1. The molecular weight excluding hydrogens is 522 g/mol. The van der Waals surface area contributed by atoms with E-state index in [4.69, 9.17) is 6.57 Å². The summed E-state index contributed by atoms with van der Waals surface area (Å²) in [5.41, 5.74) is 14.0. The highest BCUT2D eigenvalue weighted by atomic mass is 15.2. The van der Waals surface area contributed by atoms with E-state index in [0.29, 0.717) is 17.5 Å². The van der Waals surface area contributed by atoms with Gasteiger partial charge in [-0.2, -0.15) is 4.57 Å². The molecule has 1 aromatic heterocycles. The maximum Gasteiger partial charge on any atom is 0.295 e. The number of hydrogen-bond acceptors (Lipinski definition) is 0.